The molecule has 0 spiro atoms. The monoisotopic (exact) mass is 931 g/mol. The predicted octanol–water partition coefficient (Wildman–Crippen LogP) is 15.8. The Morgan fingerprint density at radius 2 is 1.24 bits per heavy atom. The number of hydrogen-bond acceptors (Lipinski definition) is 3. The van der Waals surface area contributed by atoms with Crippen molar-refractivity contribution in [2.45, 2.75) is 150 Å². The average Bonchev–Trinajstić information content (AvgIpc) is 3.51. The highest BCUT2D eigenvalue weighted by atomic mass is 32.2. The minimum absolute atomic E-state index is 0.00330. The van der Waals surface area contributed by atoms with Gasteiger partial charge in [0.15, 0.2) is 0 Å². The highest BCUT2D eigenvalue weighted by Crippen LogP contribution is 2.62. The van der Waals surface area contributed by atoms with E-state index in [1.165, 1.54) is 109 Å². The van der Waals surface area contributed by atoms with Crippen molar-refractivity contribution in [2.24, 2.45) is 23.2 Å². The molecule has 5 atom stereocenters. The number of anilines is 5. The lowest BCUT2D eigenvalue weighted by Gasteiger charge is -2.46. The summed E-state index contributed by atoms with van der Waals surface area (Å²) in [6, 6.07) is 39.3. The van der Waals surface area contributed by atoms with Gasteiger partial charge in [0.25, 0.3) is 6.71 Å². The van der Waals surface area contributed by atoms with Crippen LogP contribution < -0.4 is 25.9 Å². The van der Waals surface area contributed by atoms with E-state index in [0.717, 1.165) is 0 Å². The lowest BCUT2D eigenvalue weighted by molar-refractivity contribution is 0.307. The van der Waals surface area contributed by atoms with Gasteiger partial charge in [-0.05, 0) is 157 Å². The Kier molecular flexibility index (Phi) is 10.5. The lowest BCUT2D eigenvalue weighted by atomic mass is 9.36. The SMILES string of the molecule is Cc1cc2c3c(c1)N(c1ccc(C(C)(C)C)cc1)c1ccc(C(C)(C)C)cc1B3C1=C(C3C=C4C(=CC3S1)C1(C)CCC(C)C4CC1)N2c1ccc([Si](C)(C)C)cc1-c1ccc(C(C)(C)C)cc1. The molecule has 5 unspecified atom stereocenters. The van der Waals surface area contributed by atoms with Crippen molar-refractivity contribution in [2.75, 3.05) is 9.80 Å². The van der Waals surface area contributed by atoms with E-state index in [-0.39, 0.29) is 34.3 Å². The first-order chi connectivity index (χ1) is 31.9. The molecule has 3 heterocycles. The van der Waals surface area contributed by atoms with Gasteiger partial charge >= 0.3 is 0 Å². The molecular formula is C63H75BN2SSi. The van der Waals surface area contributed by atoms with E-state index in [2.05, 4.69) is 234 Å². The number of hydrogen-bond donors (Lipinski definition) is 0. The van der Waals surface area contributed by atoms with Crippen LogP contribution in [0.3, 0.4) is 0 Å². The van der Waals surface area contributed by atoms with Crippen molar-refractivity contribution in [1.82, 2.24) is 0 Å². The van der Waals surface area contributed by atoms with Crippen molar-refractivity contribution in [3.63, 3.8) is 0 Å². The van der Waals surface area contributed by atoms with Gasteiger partial charge in [0.05, 0.1) is 13.8 Å². The highest BCUT2D eigenvalue weighted by molar-refractivity contribution is 8.06. The fourth-order valence-corrected chi connectivity index (χ4v) is 15.7. The summed E-state index contributed by atoms with van der Waals surface area (Å²) in [5.74, 6) is 1.62. The van der Waals surface area contributed by atoms with Crippen molar-refractivity contribution >= 4 is 71.1 Å². The van der Waals surface area contributed by atoms with Crippen molar-refractivity contribution in [3.05, 3.63) is 153 Å². The fourth-order valence-electron chi connectivity index (χ4n) is 13.0. The number of benzene rings is 5. The molecule has 3 aliphatic heterocycles. The molecule has 0 radical (unpaired) electrons. The van der Waals surface area contributed by atoms with Gasteiger partial charge < -0.3 is 9.80 Å². The second kappa shape index (κ2) is 15.5. The largest absolute Gasteiger partial charge is 0.313 e. The summed E-state index contributed by atoms with van der Waals surface area (Å²) in [4.78, 5) is 6.99. The Morgan fingerprint density at radius 3 is 1.87 bits per heavy atom. The maximum Gasteiger partial charge on any atom is 0.259 e. The van der Waals surface area contributed by atoms with Crippen molar-refractivity contribution in [3.8, 4) is 11.1 Å². The summed E-state index contributed by atoms with van der Waals surface area (Å²) >= 11 is 2.21. The molecule has 5 heteroatoms. The van der Waals surface area contributed by atoms with Gasteiger partial charge in [-0.15, -0.1) is 11.8 Å². The quantitative estimate of drug-likeness (QED) is 0.166. The Morgan fingerprint density at radius 1 is 0.647 bits per heavy atom. The van der Waals surface area contributed by atoms with Crippen LogP contribution in [0.15, 0.2) is 131 Å². The average molecular weight is 931 g/mol. The molecular weight excluding hydrogens is 856 g/mol. The summed E-state index contributed by atoms with van der Waals surface area (Å²) in [6.45, 7) is 36.2. The van der Waals surface area contributed by atoms with E-state index >= 15 is 0 Å². The molecule has 2 nitrogen and oxygen atoms in total. The van der Waals surface area contributed by atoms with Crippen LogP contribution in [0.4, 0.5) is 28.4 Å². The van der Waals surface area contributed by atoms with Crippen LogP contribution in [-0.4, -0.2) is 20.0 Å². The van der Waals surface area contributed by atoms with Gasteiger partial charge in [-0.25, -0.2) is 0 Å². The zero-order chi connectivity index (χ0) is 48.2. The van der Waals surface area contributed by atoms with E-state index in [4.69, 9.17) is 0 Å². The Hall–Kier alpha value is -4.45. The first-order valence-corrected chi connectivity index (χ1v) is 30.4. The number of allylic oxidation sites excluding steroid dienone is 3. The second-order valence-electron chi connectivity index (χ2n) is 26.2. The maximum atomic E-state index is 2.85. The fraction of sp³-hybridized carbons (Fsp3) is 0.429. The molecule has 3 saturated carbocycles. The first kappa shape index (κ1) is 46.0. The number of rotatable bonds is 4. The van der Waals surface area contributed by atoms with E-state index in [0.29, 0.717) is 17.1 Å². The number of thioether (sulfide) groups is 1. The van der Waals surface area contributed by atoms with Crippen LogP contribution in [0.5, 0.6) is 0 Å². The van der Waals surface area contributed by atoms with Gasteiger partial charge in [-0.1, -0.05) is 174 Å². The number of aryl methyl sites for hydroxylation is 1. The minimum Gasteiger partial charge on any atom is -0.313 e. The van der Waals surface area contributed by atoms with E-state index in [1.807, 2.05) is 0 Å². The van der Waals surface area contributed by atoms with Crippen molar-refractivity contribution < 1.29 is 0 Å². The smallest absolute Gasteiger partial charge is 0.259 e. The van der Waals surface area contributed by atoms with Gasteiger partial charge in [-0.2, -0.15) is 0 Å². The predicted molar refractivity (Wildman–Crippen MR) is 301 cm³/mol. The van der Waals surface area contributed by atoms with E-state index in [1.54, 1.807) is 16.0 Å². The third-order valence-electron chi connectivity index (χ3n) is 17.2. The molecule has 0 N–H and O–H groups in total. The number of fused-ring (bicyclic) bond motifs is 8. The van der Waals surface area contributed by atoms with Gasteiger partial charge in [0.1, 0.15) is 0 Å². The molecule has 2 bridgehead atoms. The molecule has 12 rings (SSSR count). The topological polar surface area (TPSA) is 6.48 Å². The second-order valence-corrected chi connectivity index (χ2v) is 32.5. The van der Waals surface area contributed by atoms with E-state index in [9.17, 15) is 0 Å². The molecule has 4 aliphatic carbocycles. The van der Waals surface area contributed by atoms with Gasteiger partial charge in [0, 0.05) is 45.2 Å². The van der Waals surface area contributed by atoms with Crippen LogP contribution in [-0.2, 0) is 16.2 Å². The molecule has 5 aromatic rings. The standard InChI is InChI=1S/C63H75BN2SSi/c1-38-32-54-57-55(33-38)66(52-27-25-45(68(13,14)15)35-47(52)40-16-18-41(19-17-40)60(3,4)5)58-49-36-48-46-29-31-63(12,30-28-39(46)2)50(48)37-56(49)67-59(58)64(57)51-34-43(62(9,10)11)22-26-53(51)65(54)44-23-20-42(21-24-44)61(6,7)8/h16-27,32-37,39,46,49,56H,28-31H2,1-15H3. The van der Waals surface area contributed by atoms with E-state index < -0.39 is 8.07 Å². The Bertz CT molecular complexity index is 2980. The molecule has 7 aliphatic rings. The molecule has 0 aromatic heterocycles. The molecule has 3 fully saturated rings. The third kappa shape index (κ3) is 7.32. The molecule has 0 saturated heterocycles. The first-order valence-electron chi connectivity index (χ1n) is 26.0. The Labute approximate surface area is 415 Å². The van der Waals surface area contributed by atoms with Gasteiger partial charge in [-0.3, -0.25) is 0 Å². The van der Waals surface area contributed by atoms with Crippen LogP contribution in [0, 0.1) is 30.1 Å². The zero-order valence-corrected chi connectivity index (χ0v) is 45.7. The van der Waals surface area contributed by atoms with Crippen LogP contribution in [0.2, 0.25) is 19.6 Å². The molecule has 0 amide bonds. The minimum atomic E-state index is -1.69. The third-order valence-corrected chi connectivity index (χ3v) is 20.7. The summed E-state index contributed by atoms with van der Waals surface area (Å²) in [5.41, 5.74) is 22.7. The van der Waals surface area contributed by atoms with Crippen LogP contribution in [0.25, 0.3) is 11.1 Å². The van der Waals surface area contributed by atoms with Crippen LogP contribution in [0.1, 0.15) is 124 Å². The number of nitrogens with zero attached hydrogens (tertiary/aromatic N) is 2. The summed E-state index contributed by atoms with van der Waals surface area (Å²) in [5, 5.41) is 1.85. The molecule has 68 heavy (non-hydrogen) atoms. The Balaban J connectivity index is 1.22. The normalized spacial score (nSPS) is 24.2. The summed E-state index contributed by atoms with van der Waals surface area (Å²) in [7, 11) is -1.69. The summed E-state index contributed by atoms with van der Waals surface area (Å²) < 4.78 is 0. The van der Waals surface area contributed by atoms with Crippen molar-refractivity contribution in [1.29, 1.82) is 0 Å². The molecule has 5 aromatic carbocycles. The molecule has 350 valence electrons. The van der Waals surface area contributed by atoms with Gasteiger partial charge in [0.2, 0.25) is 0 Å². The maximum absolute atomic E-state index is 2.85. The highest BCUT2D eigenvalue weighted by Gasteiger charge is 2.54. The summed E-state index contributed by atoms with van der Waals surface area (Å²) in [6.07, 6.45) is 10.9. The van der Waals surface area contributed by atoms with Crippen LogP contribution >= 0.6 is 11.8 Å². The zero-order valence-electron chi connectivity index (χ0n) is 43.9. The lowest BCUT2D eigenvalue weighted by Crippen LogP contribution is -2.55.